The van der Waals surface area contributed by atoms with E-state index in [1.54, 1.807) is 12.1 Å². The fourth-order valence-corrected chi connectivity index (χ4v) is 4.12. The Bertz CT molecular complexity index is 388. The molecule has 1 aromatic carbocycles. The zero-order chi connectivity index (χ0) is 13.0. The molecule has 1 aromatic rings. The normalized spacial score (nSPS) is 18.2. The second-order valence-corrected chi connectivity index (χ2v) is 6.42. The van der Waals surface area contributed by atoms with Crippen LogP contribution in [-0.2, 0) is 0 Å². The summed E-state index contributed by atoms with van der Waals surface area (Å²) in [5.74, 6) is 0.933. The summed E-state index contributed by atoms with van der Waals surface area (Å²) in [7, 11) is 1.99. The van der Waals surface area contributed by atoms with E-state index >= 15 is 0 Å². The van der Waals surface area contributed by atoms with Crippen LogP contribution in [0.3, 0.4) is 0 Å². The lowest BCUT2D eigenvalue weighted by Gasteiger charge is -2.20. The average molecular weight is 267 g/mol. The van der Waals surface area contributed by atoms with Crippen LogP contribution in [0.1, 0.15) is 42.9 Å². The van der Waals surface area contributed by atoms with Crippen LogP contribution < -0.4 is 5.32 Å². The van der Waals surface area contributed by atoms with Crippen LogP contribution in [0, 0.1) is 12.7 Å². The number of nitrogens with one attached hydrogen (secondary N) is 1. The average Bonchev–Trinajstić information content (AvgIpc) is 2.85. The number of hydrogen-bond acceptors (Lipinski definition) is 2. The Kier molecular flexibility index (Phi) is 5.07. The topological polar surface area (TPSA) is 12.0 Å². The summed E-state index contributed by atoms with van der Waals surface area (Å²) in [5, 5.41) is 4.19. The van der Waals surface area contributed by atoms with E-state index in [9.17, 15) is 4.39 Å². The number of aryl methyl sites for hydroxylation is 1. The number of hydrogen-bond donors (Lipinski definition) is 1. The smallest absolute Gasteiger partial charge is 0.123 e. The van der Waals surface area contributed by atoms with Gasteiger partial charge in [0.15, 0.2) is 0 Å². The molecule has 100 valence electrons. The summed E-state index contributed by atoms with van der Waals surface area (Å²) >= 11 is 2.07. The number of benzene rings is 1. The fourth-order valence-electron chi connectivity index (χ4n) is 2.65. The van der Waals surface area contributed by atoms with Crippen molar-refractivity contribution in [1.82, 2.24) is 5.32 Å². The summed E-state index contributed by atoms with van der Waals surface area (Å²) < 4.78 is 13.1. The van der Waals surface area contributed by atoms with Gasteiger partial charge < -0.3 is 5.32 Å². The zero-order valence-electron chi connectivity index (χ0n) is 11.2. The van der Waals surface area contributed by atoms with Crippen LogP contribution in [0.5, 0.6) is 0 Å². The highest BCUT2D eigenvalue weighted by Gasteiger charge is 2.19. The largest absolute Gasteiger partial charge is 0.312 e. The second-order valence-electron chi connectivity index (χ2n) is 5.08. The van der Waals surface area contributed by atoms with Gasteiger partial charge in [-0.05, 0) is 50.1 Å². The summed E-state index contributed by atoms with van der Waals surface area (Å²) in [4.78, 5) is 0. The molecule has 2 rings (SSSR count). The lowest BCUT2D eigenvalue weighted by molar-refractivity contribution is 0.617. The van der Waals surface area contributed by atoms with Crippen molar-refractivity contribution in [3.63, 3.8) is 0 Å². The van der Waals surface area contributed by atoms with E-state index in [0.29, 0.717) is 6.04 Å². The molecule has 1 fully saturated rings. The maximum Gasteiger partial charge on any atom is 0.123 e. The van der Waals surface area contributed by atoms with Gasteiger partial charge in [0.25, 0.3) is 0 Å². The van der Waals surface area contributed by atoms with E-state index in [2.05, 4.69) is 17.1 Å². The maximum atomic E-state index is 13.1. The van der Waals surface area contributed by atoms with Crippen LogP contribution in [0.2, 0.25) is 0 Å². The van der Waals surface area contributed by atoms with Gasteiger partial charge >= 0.3 is 0 Å². The van der Waals surface area contributed by atoms with Crippen molar-refractivity contribution in [3.05, 3.63) is 35.1 Å². The first-order valence-corrected chi connectivity index (χ1v) is 7.80. The highest BCUT2D eigenvalue weighted by atomic mass is 32.2. The van der Waals surface area contributed by atoms with E-state index in [0.717, 1.165) is 16.6 Å². The molecule has 1 unspecified atom stereocenters. The van der Waals surface area contributed by atoms with Crippen molar-refractivity contribution < 1.29 is 4.39 Å². The van der Waals surface area contributed by atoms with Crippen LogP contribution >= 0.6 is 11.8 Å². The van der Waals surface area contributed by atoms with Crippen molar-refractivity contribution in [2.24, 2.45) is 0 Å². The van der Waals surface area contributed by atoms with Crippen LogP contribution in [0.15, 0.2) is 18.2 Å². The molecule has 1 aliphatic rings. The maximum absolute atomic E-state index is 13.1. The molecule has 3 heteroatoms. The second kappa shape index (κ2) is 6.58. The lowest BCUT2D eigenvalue weighted by atomic mass is 10.0. The molecule has 0 aliphatic heterocycles. The van der Waals surface area contributed by atoms with Crippen LogP contribution in [0.25, 0.3) is 0 Å². The third-order valence-electron chi connectivity index (χ3n) is 3.76. The molecule has 0 bridgehead atoms. The molecular formula is C15H22FNS. The Balaban J connectivity index is 1.98. The minimum Gasteiger partial charge on any atom is -0.312 e. The van der Waals surface area contributed by atoms with Crippen molar-refractivity contribution in [1.29, 1.82) is 0 Å². The Hall–Kier alpha value is -0.540. The summed E-state index contributed by atoms with van der Waals surface area (Å²) in [6.07, 6.45) is 5.50. The predicted octanol–water partition coefficient (Wildman–Crippen LogP) is 4.07. The quantitative estimate of drug-likeness (QED) is 0.863. The zero-order valence-corrected chi connectivity index (χ0v) is 12.0. The Morgan fingerprint density at radius 1 is 1.39 bits per heavy atom. The van der Waals surface area contributed by atoms with Crippen molar-refractivity contribution in [3.8, 4) is 0 Å². The molecule has 1 N–H and O–H groups in total. The Morgan fingerprint density at radius 2 is 2.11 bits per heavy atom. The molecule has 0 saturated heterocycles. The molecule has 0 spiro atoms. The highest BCUT2D eigenvalue weighted by Crippen LogP contribution is 2.32. The molecule has 1 saturated carbocycles. The number of halogens is 1. The molecule has 0 aromatic heterocycles. The number of rotatable bonds is 5. The third-order valence-corrected chi connectivity index (χ3v) is 5.23. The minimum atomic E-state index is -0.144. The van der Waals surface area contributed by atoms with Gasteiger partial charge in [-0.25, -0.2) is 4.39 Å². The third kappa shape index (κ3) is 3.48. The van der Waals surface area contributed by atoms with Gasteiger partial charge in [-0.2, -0.15) is 11.8 Å². The van der Waals surface area contributed by atoms with E-state index in [4.69, 9.17) is 0 Å². The SMILES string of the molecule is CNC(CSC1CCCC1)c1ccc(F)cc1C. The molecule has 0 amide bonds. The monoisotopic (exact) mass is 267 g/mol. The van der Waals surface area contributed by atoms with E-state index in [1.165, 1.54) is 31.2 Å². The lowest BCUT2D eigenvalue weighted by Crippen LogP contribution is -2.20. The van der Waals surface area contributed by atoms with E-state index < -0.39 is 0 Å². The Morgan fingerprint density at radius 3 is 2.72 bits per heavy atom. The number of thioether (sulfide) groups is 1. The first kappa shape index (κ1) is 13.9. The van der Waals surface area contributed by atoms with Crippen LogP contribution in [-0.4, -0.2) is 18.1 Å². The Labute approximate surface area is 114 Å². The van der Waals surface area contributed by atoms with Gasteiger partial charge in [0.05, 0.1) is 0 Å². The highest BCUT2D eigenvalue weighted by molar-refractivity contribution is 7.99. The van der Waals surface area contributed by atoms with Gasteiger partial charge in [-0.15, -0.1) is 0 Å². The molecular weight excluding hydrogens is 245 g/mol. The predicted molar refractivity (Wildman–Crippen MR) is 77.7 cm³/mol. The molecule has 1 aliphatic carbocycles. The fraction of sp³-hybridized carbons (Fsp3) is 0.600. The van der Waals surface area contributed by atoms with E-state index in [1.807, 2.05) is 20.0 Å². The van der Waals surface area contributed by atoms with Crippen molar-refractivity contribution >= 4 is 11.8 Å². The molecule has 0 radical (unpaired) electrons. The van der Waals surface area contributed by atoms with Gasteiger partial charge in [0.1, 0.15) is 5.82 Å². The van der Waals surface area contributed by atoms with Gasteiger partial charge in [-0.3, -0.25) is 0 Å². The first-order chi connectivity index (χ1) is 8.70. The molecule has 1 atom stereocenters. The molecule has 1 nitrogen and oxygen atoms in total. The van der Waals surface area contributed by atoms with Gasteiger partial charge in [0, 0.05) is 17.0 Å². The van der Waals surface area contributed by atoms with Gasteiger partial charge in [-0.1, -0.05) is 18.9 Å². The summed E-state index contributed by atoms with van der Waals surface area (Å²) in [6.45, 7) is 1.99. The van der Waals surface area contributed by atoms with Crippen LogP contribution in [0.4, 0.5) is 4.39 Å². The van der Waals surface area contributed by atoms with Gasteiger partial charge in [0.2, 0.25) is 0 Å². The van der Waals surface area contributed by atoms with Crippen molar-refractivity contribution in [2.45, 2.75) is 43.9 Å². The minimum absolute atomic E-state index is 0.144. The van der Waals surface area contributed by atoms with E-state index in [-0.39, 0.29) is 5.82 Å². The molecule has 18 heavy (non-hydrogen) atoms. The summed E-state index contributed by atoms with van der Waals surface area (Å²) in [5.41, 5.74) is 2.27. The standard InChI is InChI=1S/C15H22FNS/c1-11-9-12(16)7-8-14(11)15(17-2)10-18-13-5-3-4-6-13/h7-9,13,15,17H,3-6,10H2,1-2H3. The summed E-state index contributed by atoms with van der Waals surface area (Å²) in [6, 6.07) is 5.43. The van der Waals surface area contributed by atoms with Crippen molar-refractivity contribution in [2.75, 3.05) is 12.8 Å². The molecule has 0 heterocycles. The first-order valence-electron chi connectivity index (χ1n) is 6.75.